The molecule has 0 radical (unpaired) electrons. The van der Waals surface area contributed by atoms with Crippen LogP contribution in [0.2, 0.25) is 5.02 Å². The van der Waals surface area contributed by atoms with Crippen molar-refractivity contribution in [1.82, 2.24) is 5.32 Å². The van der Waals surface area contributed by atoms with Crippen molar-refractivity contribution >= 4 is 70.1 Å². The summed E-state index contributed by atoms with van der Waals surface area (Å²) in [5.41, 5.74) is 2.88. The molecule has 212 valence electrons. The van der Waals surface area contributed by atoms with Crippen molar-refractivity contribution in [2.45, 2.75) is 11.8 Å². The monoisotopic (exact) mass is 598 g/mol. The number of carbonyl (C=O) groups excluding carboxylic acids is 4. The van der Waals surface area contributed by atoms with E-state index in [1.54, 1.807) is 103 Å². The Bertz CT molecular complexity index is 1610. The van der Waals surface area contributed by atoms with Gasteiger partial charge in [0, 0.05) is 39.5 Å². The van der Waals surface area contributed by atoms with Gasteiger partial charge in [-0.25, -0.2) is 0 Å². The molecule has 0 heterocycles. The molecule has 8 nitrogen and oxygen atoms in total. The lowest BCUT2D eigenvalue weighted by molar-refractivity contribution is -0.114. The molecule has 10 heteroatoms. The summed E-state index contributed by atoms with van der Waals surface area (Å²) in [5, 5.41) is 11.6. The maximum Gasteiger partial charge on any atom is 0.272 e. The summed E-state index contributed by atoms with van der Waals surface area (Å²) in [4.78, 5) is 50.6. The van der Waals surface area contributed by atoms with Crippen LogP contribution in [0.15, 0.2) is 114 Å². The van der Waals surface area contributed by atoms with E-state index in [9.17, 15) is 19.2 Å². The van der Waals surface area contributed by atoms with Crippen LogP contribution < -0.4 is 21.3 Å². The van der Waals surface area contributed by atoms with E-state index >= 15 is 0 Å². The Morgan fingerprint density at radius 2 is 1.40 bits per heavy atom. The fourth-order valence-electron chi connectivity index (χ4n) is 3.72. The number of hydrogen-bond donors (Lipinski definition) is 4. The number of hydrogen-bond acceptors (Lipinski definition) is 5. The third-order valence-corrected chi connectivity index (χ3v) is 6.91. The summed E-state index contributed by atoms with van der Waals surface area (Å²) in [6.45, 7) is 1.42. The summed E-state index contributed by atoms with van der Waals surface area (Å²) in [6, 6.07) is 29.3. The fraction of sp³-hybridized carbons (Fsp3) is 0.0625. The molecule has 0 unspecified atom stereocenters. The van der Waals surface area contributed by atoms with Crippen LogP contribution in [0.3, 0.4) is 0 Å². The van der Waals surface area contributed by atoms with Crippen molar-refractivity contribution in [3.8, 4) is 0 Å². The van der Waals surface area contributed by atoms with Crippen molar-refractivity contribution in [3.63, 3.8) is 0 Å². The van der Waals surface area contributed by atoms with E-state index in [1.165, 1.54) is 18.7 Å². The van der Waals surface area contributed by atoms with Crippen LogP contribution in [0.5, 0.6) is 0 Å². The van der Waals surface area contributed by atoms with E-state index in [0.717, 1.165) is 4.90 Å². The van der Waals surface area contributed by atoms with Gasteiger partial charge in [-0.1, -0.05) is 48.0 Å². The number of carbonyl (C=O) groups is 4. The van der Waals surface area contributed by atoms with Gasteiger partial charge in [-0.15, -0.1) is 11.8 Å². The number of halogens is 1. The first-order valence-electron chi connectivity index (χ1n) is 12.8. The number of amides is 4. The minimum atomic E-state index is -0.517. The molecule has 0 bridgehead atoms. The maximum absolute atomic E-state index is 13.3. The Balaban J connectivity index is 1.40. The molecule has 4 aromatic rings. The van der Waals surface area contributed by atoms with Crippen molar-refractivity contribution in [2.24, 2.45) is 0 Å². The lowest BCUT2D eigenvalue weighted by atomic mass is 10.1. The van der Waals surface area contributed by atoms with Crippen molar-refractivity contribution in [2.75, 3.05) is 21.7 Å². The molecule has 4 aromatic carbocycles. The van der Waals surface area contributed by atoms with Crippen LogP contribution in [-0.2, 0) is 14.4 Å². The van der Waals surface area contributed by atoms with Crippen LogP contribution in [0.25, 0.3) is 6.08 Å². The van der Waals surface area contributed by atoms with Gasteiger partial charge in [0.2, 0.25) is 11.8 Å². The summed E-state index contributed by atoms with van der Waals surface area (Å²) >= 11 is 7.30. The smallest absolute Gasteiger partial charge is 0.272 e. The summed E-state index contributed by atoms with van der Waals surface area (Å²) in [6.07, 6.45) is 1.57. The zero-order valence-corrected chi connectivity index (χ0v) is 24.1. The van der Waals surface area contributed by atoms with E-state index in [1.807, 2.05) is 6.07 Å². The lowest BCUT2D eigenvalue weighted by Crippen LogP contribution is -2.30. The molecule has 42 heavy (non-hydrogen) atoms. The highest BCUT2D eigenvalue weighted by atomic mass is 35.5. The molecule has 0 spiro atoms. The zero-order chi connectivity index (χ0) is 29.9. The molecule has 0 aliphatic heterocycles. The molecule has 0 atom stereocenters. The van der Waals surface area contributed by atoms with Crippen LogP contribution >= 0.6 is 23.4 Å². The van der Waals surface area contributed by atoms with Crippen molar-refractivity contribution < 1.29 is 19.2 Å². The normalized spacial score (nSPS) is 10.9. The highest BCUT2D eigenvalue weighted by Crippen LogP contribution is 2.23. The molecule has 4 N–H and O–H groups in total. The largest absolute Gasteiger partial charge is 0.326 e. The summed E-state index contributed by atoms with van der Waals surface area (Å²) in [5.74, 6) is -1.19. The average Bonchev–Trinajstić information content (AvgIpc) is 2.98. The van der Waals surface area contributed by atoms with Gasteiger partial charge in [-0.3, -0.25) is 19.2 Å². The van der Waals surface area contributed by atoms with Gasteiger partial charge in [-0.05, 0) is 78.4 Å². The van der Waals surface area contributed by atoms with E-state index in [-0.39, 0.29) is 23.3 Å². The second-order valence-corrected chi connectivity index (χ2v) is 10.5. The molecular weight excluding hydrogens is 572 g/mol. The third kappa shape index (κ3) is 9.36. The Kier molecular flexibility index (Phi) is 10.5. The molecule has 0 saturated heterocycles. The molecule has 0 aliphatic rings. The van der Waals surface area contributed by atoms with Gasteiger partial charge in [0.05, 0.1) is 5.75 Å². The van der Waals surface area contributed by atoms with Gasteiger partial charge in [-0.2, -0.15) is 0 Å². The summed E-state index contributed by atoms with van der Waals surface area (Å²) < 4.78 is 0. The van der Waals surface area contributed by atoms with Crippen LogP contribution in [0.4, 0.5) is 17.1 Å². The number of rotatable bonds is 10. The van der Waals surface area contributed by atoms with Crippen LogP contribution in [-0.4, -0.2) is 29.4 Å². The van der Waals surface area contributed by atoms with E-state index in [0.29, 0.717) is 33.2 Å². The minimum Gasteiger partial charge on any atom is -0.326 e. The van der Waals surface area contributed by atoms with Gasteiger partial charge >= 0.3 is 0 Å². The topological polar surface area (TPSA) is 116 Å². The highest BCUT2D eigenvalue weighted by Gasteiger charge is 2.15. The molecule has 0 aliphatic carbocycles. The standard InChI is InChI=1S/C32H27ClN4O4S/c1-21(38)34-25-14-16-26(17-15-25)35-30(39)20-42-28-9-5-8-27(19-28)36-32(41)29(18-22-10-12-24(33)13-11-22)37-31(40)23-6-3-2-4-7-23/h2-19H,20H2,1H3,(H,34,38)(H,35,39)(H,36,41)(H,37,40)/b29-18-. The first-order valence-corrected chi connectivity index (χ1v) is 14.2. The first kappa shape index (κ1) is 30.1. The minimum absolute atomic E-state index is 0.0492. The Morgan fingerprint density at radius 3 is 2.07 bits per heavy atom. The highest BCUT2D eigenvalue weighted by molar-refractivity contribution is 8.00. The number of benzene rings is 4. The molecule has 0 fully saturated rings. The number of thioether (sulfide) groups is 1. The lowest BCUT2D eigenvalue weighted by Gasteiger charge is -2.12. The number of anilines is 3. The number of nitrogens with one attached hydrogen (secondary N) is 4. The van der Waals surface area contributed by atoms with Gasteiger partial charge in [0.25, 0.3) is 11.8 Å². The second kappa shape index (κ2) is 14.7. The first-order chi connectivity index (χ1) is 20.2. The van der Waals surface area contributed by atoms with Gasteiger partial charge < -0.3 is 21.3 Å². The molecule has 4 amide bonds. The Labute approximate surface area is 252 Å². The van der Waals surface area contributed by atoms with Gasteiger partial charge in [0.1, 0.15) is 5.70 Å². The predicted octanol–water partition coefficient (Wildman–Crippen LogP) is 6.44. The second-order valence-electron chi connectivity index (χ2n) is 9.01. The molecule has 0 saturated carbocycles. The fourth-order valence-corrected chi connectivity index (χ4v) is 4.60. The quantitative estimate of drug-likeness (QED) is 0.124. The SMILES string of the molecule is CC(=O)Nc1ccc(NC(=O)CSc2cccc(NC(=O)/C(=C/c3ccc(Cl)cc3)NC(=O)c3ccccc3)c2)cc1. The third-order valence-electron chi connectivity index (χ3n) is 5.66. The van der Waals surface area contributed by atoms with Gasteiger partial charge in [0.15, 0.2) is 0 Å². The average molecular weight is 599 g/mol. The molecule has 4 rings (SSSR count). The van der Waals surface area contributed by atoms with Crippen LogP contribution in [0.1, 0.15) is 22.8 Å². The van der Waals surface area contributed by atoms with Crippen molar-refractivity contribution in [1.29, 1.82) is 0 Å². The van der Waals surface area contributed by atoms with Crippen LogP contribution in [0, 0.1) is 0 Å². The Hall–Kier alpha value is -4.86. The zero-order valence-electron chi connectivity index (χ0n) is 22.5. The van der Waals surface area contributed by atoms with E-state index < -0.39 is 11.8 Å². The summed E-state index contributed by atoms with van der Waals surface area (Å²) in [7, 11) is 0. The molecule has 0 aromatic heterocycles. The molecular formula is C32H27ClN4O4S. The predicted molar refractivity (Wildman–Crippen MR) is 169 cm³/mol. The van der Waals surface area contributed by atoms with Crippen molar-refractivity contribution in [3.05, 3.63) is 125 Å². The maximum atomic E-state index is 13.3. The Morgan fingerprint density at radius 1 is 0.738 bits per heavy atom. The van der Waals surface area contributed by atoms with E-state index in [2.05, 4.69) is 21.3 Å². The van der Waals surface area contributed by atoms with E-state index in [4.69, 9.17) is 11.6 Å².